The number of amides is 1. The number of aryl methyl sites for hydroxylation is 4. The van der Waals surface area contributed by atoms with E-state index in [0.717, 1.165) is 42.9 Å². The van der Waals surface area contributed by atoms with E-state index in [-0.39, 0.29) is 11.9 Å². The van der Waals surface area contributed by atoms with Gasteiger partial charge in [-0.25, -0.2) is 4.98 Å². The Balaban J connectivity index is 1.51. The number of imidazole rings is 1. The largest absolute Gasteiger partial charge is 0.336 e. The van der Waals surface area contributed by atoms with Crippen molar-refractivity contribution in [2.45, 2.75) is 57.9 Å². The van der Waals surface area contributed by atoms with E-state index in [1.54, 1.807) is 0 Å². The Morgan fingerprint density at radius 1 is 1.20 bits per heavy atom. The summed E-state index contributed by atoms with van der Waals surface area (Å²) in [5, 5.41) is 0. The molecular formula is C21H27N3O. The lowest BCUT2D eigenvalue weighted by atomic mass is 9.90. The minimum Gasteiger partial charge on any atom is -0.336 e. The Labute approximate surface area is 149 Å². The molecule has 1 amide bonds. The summed E-state index contributed by atoms with van der Waals surface area (Å²) in [6.45, 7) is 2.86. The Hall–Kier alpha value is -2.10. The number of fused-ring (bicyclic) bond motifs is 1. The van der Waals surface area contributed by atoms with Crippen LogP contribution in [-0.4, -0.2) is 26.9 Å². The van der Waals surface area contributed by atoms with Crippen LogP contribution in [0.1, 0.15) is 59.9 Å². The van der Waals surface area contributed by atoms with Gasteiger partial charge in [0.05, 0.1) is 18.2 Å². The SMILES string of the molecule is Cc1cn(C)c([C@@H]2CCCN2C(=O)Cc2ccc3c(c2)CCCC3)n1. The zero-order valence-corrected chi connectivity index (χ0v) is 15.3. The van der Waals surface area contributed by atoms with Gasteiger partial charge >= 0.3 is 0 Å². The molecule has 1 aliphatic heterocycles. The zero-order valence-electron chi connectivity index (χ0n) is 15.3. The van der Waals surface area contributed by atoms with E-state index in [0.29, 0.717) is 6.42 Å². The van der Waals surface area contributed by atoms with Crippen molar-refractivity contribution in [3.05, 3.63) is 52.6 Å². The van der Waals surface area contributed by atoms with Crippen molar-refractivity contribution >= 4 is 5.91 Å². The second-order valence-electron chi connectivity index (χ2n) is 7.58. The van der Waals surface area contributed by atoms with Crippen LogP contribution in [-0.2, 0) is 31.1 Å². The maximum atomic E-state index is 13.0. The third-order valence-corrected chi connectivity index (χ3v) is 5.67. The molecule has 1 atom stereocenters. The van der Waals surface area contributed by atoms with Crippen LogP contribution in [0.5, 0.6) is 0 Å². The number of aromatic nitrogens is 2. The first-order valence-corrected chi connectivity index (χ1v) is 9.52. The van der Waals surface area contributed by atoms with Gasteiger partial charge in [0, 0.05) is 19.8 Å². The molecule has 2 aliphatic rings. The molecular weight excluding hydrogens is 310 g/mol. The maximum absolute atomic E-state index is 13.0. The van der Waals surface area contributed by atoms with Gasteiger partial charge in [0.25, 0.3) is 0 Å². The van der Waals surface area contributed by atoms with E-state index in [2.05, 4.69) is 27.8 Å². The number of carbonyl (C=O) groups is 1. The van der Waals surface area contributed by atoms with Gasteiger partial charge in [0.1, 0.15) is 5.82 Å². The Kier molecular flexibility index (Phi) is 4.36. The molecule has 2 aromatic rings. The van der Waals surface area contributed by atoms with E-state index >= 15 is 0 Å². The molecule has 0 spiro atoms. The molecule has 132 valence electrons. The van der Waals surface area contributed by atoms with E-state index < -0.39 is 0 Å². The molecule has 2 heterocycles. The molecule has 0 radical (unpaired) electrons. The zero-order chi connectivity index (χ0) is 17.4. The van der Waals surface area contributed by atoms with Crippen molar-refractivity contribution < 1.29 is 4.79 Å². The first-order chi connectivity index (χ1) is 12.1. The van der Waals surface area contributed by atoms with Crippen LogP contribution in [0, 0.1) is 6.92 Å². The van der Waals surface area contributed by atoms with E-state index in [4.69, 9.17) is 0 Å². The quantitative estimate of drug-likeness (QED) is 0.859. The molecule has 25 heavy (non-hydrogen) atoms. The molecule has 1 fully saturated rings. The van der Waals surface area contributed by atoms with Crippen molar-refractivity contribution in [1.29, 1.82) is 0 Å². The van der Waals surface area contributed by atoms with Gasteiger partial charge in [0.2, 0.25) is 5.91 Å². The predicted molar refractivity (Wildman–Crippen MR) is 98.4 cm³/mol. The van der Waals surface area contributed by atoms with E-state index in [1.807, 2.05) is 25.1 Å². The van der Waals surface area contributed by atoms with Crippen molar-refractivity contribution in [1.82, 2.24) is 14.5 Å². The molecule has 0 N–H and O–H groups in total. The van der Waals surface area contributed by atoms with E-state index in [1.165, 1.54) is 30.4 Å². The van der Waals surface area contributed by atoms with Crippen LogP contribution in [0.2, 0.25) is 0 Å². The molecule has 1 aromatic carbocycles. The molecule has 4 heteroatoms. The van der Waals surface area contributed by atoms with Gasteiger partial charge in [-0.3, -0.25) is 4.79 Å². The lowest BCUT2D eigenvalue weighted by Gasteiger charge is -2.25. The second kappa shape index (κ2) is 6.66. The number of rotatable bonds is 3. The highest BCUT2D eigenvalue weighted by molar-refractivity contribution is 5.79. The minimum atomic E-state index is 0.129. The maximum Gasteiger partial charge on any atom is 0.227 e. The molecule has 4 rings (SSSR count). The lowest BCUT2D eigenvalue weighted by Crippen LogP contribution is -2.33. The topological polar surface area (TPSA) is 38.1 Å². The van der Waals surface area contributed by atoms with Gasteiger partial charge in [-0.1, -0.05) is 18.2 Å². The van der Waals surface area contributed by atoms with Gasteiger partial charge < -0.3 is 9.47 Å². The summed E-state index contributed by atoms with van der Waals surface area (Å²) in [7, 11) is 2.03. The monoisotopic (exact) mass is 337 g/mol. The highest BCUT2D eigenvalue weighted by Crippen LogP contribution is 2.32. The summed E-state index contributed by atoms with van der Waals surface area (Å²) in [5.41, 5.74) is 5.11. The first-order valence-electron chi connectivity index (χ1n) is 9.52. The number of hydrogen-bond acceptors (Lipinski definition) is 2. The van der Waals surface area contributed by atoms with Crippen molar-refractivity contribution in [3.8, 4) is 0 Å². The van der Waals surface area contributed by atoms with Gasteiger partial charge in [-0.2, -0.15) is 0 Å². The molecule has 1 saturated heterocycles. The third-order valence-electron chi connectivity index (χ3n) is 5.67. The number of benzene rings is 1. The summed E-state index contributed by atoms with van der Waals surface area (Å²) in [6, 6.07) is 6.78. The minimum absolute atomic E-state index is 0.129. The Morgan fingerprint density at radius 2 is 2.00 bits per heavy atom. The Morgan fingerprint density at radius 3 is 2.76 bits per heavy atom. The van der Waals surface area contributed by atoms with Crippen molar-refractivity contribution in [2.24, 2.45) is 7.05 Å². The number of likely N-dealkylation sites (tertiary alicyclic amines) is 1. The lowest BCUT2D eigenvalue weighted by molar-refractivity contribution is -0.131. The molecule has 0 bridgehead atoms. The van der Waals surface area contributed by atoms with Crippen LogP contribution in [0.15, 0.2) is 24.4 Å². The first kappa shape index (κ1) is 16.4. The van der Waals surface area contributed by atoms with Gasteiger partial charge in [-0.15, -0.1) is 0 Å². The van der Waals surface area contributed by atoms with Crippen LogP contribution < -0.4 is 0 Å². The van der Waals surface area contributed by atoms with Crippen molar-refractivity contribution in [3.63, 3.8) is 0 Å². The van der Waals surface area contributed by atoms with Crippen LogP contribution in [0.3, 0.4) is 0 Å². The summed E-state index contributed by atoms with van der Waals surface area (Å²) >= 11 is 0. The number of hydrogen-bond donors (Lipinski definition) is 0. The fraction of sp³-hybridized carbons (Fsp3) is 0.524. The molecule has 4 nitrogen and oxygen atoms in total. The highest BCUT2D eigenvalue weighted by atomic mass is 16.2. The standard InChI is InChI=1S/C21H27N3O/c1-15-14-23(2)21(22-15)19-8-5-11-24(19)20(25)13-16-9-10-17-6-3-4-7-18(17)12-16/h9-10,12,14,19H,3-8,11,13H2,1-2H3/t19-/m0/s1. The van der Waals surface area contributed by atoms with Crippen molar-refractivity contribution in [2.75, 3.05) is 6.54 Å². The average molecular weight is 337 g/mol. The smallest absolute Gasteiger partial charge is 0.227 e. The average Bonchev–Trinajstić information content (AvgIpc) is 3.20. The summed E-state index contributed by atoms with van der Waals surface area (Å²) in [4.78, 5) is 19.7. The summed E-state index contributed by atoms with van der Waals surface area (Å²) < 4.78 is 2.07. The molecule has 1 aliphatic carbocycles. The molecule has 1 aromatic heterocycles. The third kappa shape index (κ3) is 3.22. The van der Waals surface area contributed by atoms with E-state index in [9.17, 15) is 4.79 Å². The normalized spacial score (nSPS) is 19.9. The van der Waals surface area contributed by atoms with Crippen LogP contribution in [0.4, 0.5) is 0 Å². The predicted octanol–water partition coefficient (Wildman–Crippen LogP) is 3.51. The summed E-state index contributed by atoms with van der Waals surface area (Å²) in [6.07, 6.45) is 9.55. The second-order valence-corrected chi connectivity index (χ2v) is 7.58. The van der Waals surface area contributed by atoms with Crippen LogP contribution in [0.25, 0.3) is 0 Å². The van der Waals surface area contributed by atoms with Gasteiger partial charge in [0.15, 0.2) is 0 Å². The fourth-order valence-electron chi connectivity index (χ4n) is 4.45. The fourth-order valence-corrected chi connectivity index (χ4v) is 4.45. The van der Waals surface area contributed by atoms with Gasteiger partial charge in [-0.05, 0) is 62.1 Å². The number of carbonyl (C=O) groups excluding carboxylic acids is 1. The Bertz CT molecular complexity index is 792. The highest BCUT2D eigenvalue weighted by Gasteiger charge is 2.32. The number of nitrogens with zero attached hydrogens (tertiary/aromatic N) is 3. The summed E-state index contributed by atoms with van der Waals surface area (Å²) in [5.74, 6) is 1.26. The molecule has 0 saturated carbocycles. The van der Waals surface area contributed by atoms with Crippen LogP contribution >= 0.6 is 0 Å². The molecule has 0 unspecified atom stereocenters.